The Morgan fingerprint density at radius 3 is 1.91 bits per heavy atom. The summed E-state index contributed by atoms with van der Waals surface area (Å²) in [5, 5.41) is 3.15. The molecule has 1 unspecified atom stereocenters. The molecule has 2 aliphatic rings. The molecule has 0 saturated carbocycles. The maximum absolute atomic E-state index is 2.76. The van der Waals surface area contributed by atoms with Gasteiger partial charge in [0.15, 0.2) is 0 Å². The Kier molecular flexibility index (Phi) is 7.99. The standard InChI is InChI=1S/C15H11.C9H13.C6H14Ge.Zr/c1-2-6-12(7-3-1)15-11-10-13-8-4-5-9-14(13)15;1-6-5-7(2)9(4)8(6)3;1-3-5-7-6-4-2;/h1-11H;5H,1-4H3;3-6H2,1-2H3;. The van der Waals surface area contributed by atoms with E-state index in [1.165, 1.54) is 29.5 Å². The van der Waals surface area contributed by atoms with Gasteiger partial charge in [0.05, 0.1) is 0 Å². The molecule has 2 aromatic carbocycles. The van der Waals surface area contributed by atoms with E-state index in [-0.39, 0.29) is 0 Å². The van der Waals surface area contributed by atoms with Crippen molar-refractivity contribution in [3.63, 3.8) is 0 Å². The molecule has 0 aromatic heterocycles. The molecule has 0 aliphatic heterocycles. The minimum absolute atomic E-state index is 0.741. The van der Waals surface area contributed by atoms with Crippen LogP contribution in [0.25, 0.3) is 5.57 Å². The van der Waals surface area contributed by atoms with E-state index in [4.69, 9.17) is 0 Å². The first-order chi connectivity index (χ1) is 15.5. The first kappa shape index (κ1) is 24.2. The SMILES string of the molecule is CC[CH2][Ge]([CH2]CC)=[Zr]([CH]1C(C)=C(C)C(C)=C1C)[CH]1C=C(c2ccccc2)c2ccccc21. The first-order valence-corrected chi connectivity index (χ1v) is 25.7. The molecule has 0 spiro atoms. The van der Waals surface area contributed by atoms with Gasteiger partial charge < -0.3 is 0 Å². The van der Waals surface area contributed by atoms with Crippen LogP contribution in [0.4, 0.5) is 0 Å². The molecule has 1 atom stereocenters. The van der Waals surface area contributed by atoms with Gasteiger partial charge in [-0.1, -0.05) is 0 Å². The van der Waals surface area contributed by atoms with Crippen LogP contribution >= 0.6 is 0 Å². The predicted molar refractivity (Wildman–Crippen MR) is 139 cm³/mol. The maximum atomic E-state index is 2.76. The monoisotopic (exact) mass is 562 g/mol. The topological polar surface area (TPSA) is 0 Å². The van der Waals surface area contributed by atoms with Gasteiger partial charge in [0.1, 0.15) is 0 Å². The van der Waals surface area contributed by atoms with Crippen molar-refractivity contribution in [2.75, 3.05) is 0 Å². The molecule has 0 heterocycles. The third-order valence-electron chi connectivity index (χ3n) is 7.77. The van der Waals surface area contributed by atoms with Gasteiger partial charge in [0, 0.05) is 0 Å². The molecule has 166 valence electrons. The van der Waals surface area contributed by atoms with Gasteiger partial charge in [-0.3, -0.25) is 0 Å². The summed E-state index contributed by atoms with van der Waals surface area (Å²) in [6.45, 7) is 14.6. The fourth-order valence-corrected chi connectivity index (χ4v) is 51.4. The van der Waals surface area contributed by atoms with E-state index in [2.05, 4.69) is 102 Å². The molecule has 0 N–H and O–H groups in total. The Bertz CT molecular complexity index is 1100. The summed E-state index contributed by atoms with van der Waals surface area (Å²) in [5.41, 5.74) is 12.8. The molecule has 0 saturated heterocycles. The Labute approximate surface area is 204 Å². The summed E-state index contributed by atoms with van der Waals surface area (Å²) >= 11 is -1.89. The van der Waals surface area contributed by atoms with Crippen LogP contribution in [0.5, 0.6) is 0 Å². The van der Waals surface area contributed by atoms with Crippen molar-refractivity contribution in [2.45, 2.75) is 72.1 Å². The van der Waals surface area contributed by atoms with E-state index in [1.807, 2.05) is 0 Å². The minimum atomic E-state index is -1.89. The first-order valence-electron chi connectivity index (χ1n) is 12.4. The molecule has 2 aliphatic carbocycles. The third kappa shape index (κ3) is 4.42. The van der Waals surface area contributed by atoms with Crippen molar-refractivity contribution in [1.82, 2.24) is 0 Å². The third-order valence-corrected chi connectivity index (χ3v) is 44.9. The van der Waals surface area contributed by atoms with Gasteiger partial charge in [-0.2, -0.15) is 0 Å². The van der Waals surface area contributed by atoms with Crippen LogP contribution in [0.15, 0.2) is 83.0 Å². The van der Waals surface area contributed by atoms with Crippen molar-refractivity contribution < 1.29 is 18.6 Å². The summed E-state index contributed by atoms with van der Waals surface area (Å²) in [6, 6.07) is 20.6. The molecule has 0 fully saturated rings. The van der Waals surface area contributed by atoms with E-state index in [9.17, 15) is 0 Å². The Hall–Kier alpha value is -0.914. The predicted octanol–water partition coefficient (Wildman–Crippen LogP) is 9.08. The number of hydrogen-bond acceptors (Lipinski definition) is 0. The number of fused-ring (bicyclic) bond motifs is 1. The van der Waals surface area contributed by atoms with Crippen molar-refractivity contribution in [1.29, 1.82) is 0 Å². The number of allylic oxidation sites excluding steroid dienone is 5. The molecule has 0 amide bonds. The van der Waals surface area contributed by atoms with Gasteiger partial charge in [-0.25, -0.2) is 0 Å². The average Bonchev–Trinajstić information content (AvgIpc) is 3.28. The van der Waals surface area contributed by atoms with Gasteiger partial charge in [0.25, 0.3) is 0 Å². The van der Waals surface area contributed by atoms with E-state index in [0.717, 1.165) is 7.25 Å². The molecule has 0 radical (unpaired) electrons. The second-order valence-electron chi connectivity index (χ2n) is 9.62. The van der Waals surface area contributed by atoms with Gasteiger partial charge in [-0.05, 0) is 0 Å². The zero-order valence-electron chi connectivity index (χ0n) is 20.8. The average molecular weight is 562 g/mol. The second-order valence-corrected chi connectivity index (χ2v) is 35.6. The molecule has 32 heavy (non-hydrogen) atoms. The van der Waals surface area contributed by atoms with Crippen LogP contribution in [0, 0.1) is 0 Å². The molecule has 2 heteroatoms. The van der Waals surface area contributed by atoms with E-state index in [0.29, 0.717) is 0 Å². The van der Waals surface area contributed by atoms with Crippen LogP contribution in [0.3, 0.4) is 0 Å². The normalized spacial score (nSPS) is 18.3. The van der Waals surface area contributed by atoms with Gasteiger partial charge in [0.2, 0.25) is 0 Å². The van der Waals surface area contributed by atoms with Crippen LogP contribution in [0.1, 0.15) is 74.7 Å². The van der Waals surface area contributed by atoms with E-state index >= 15 is 0 Å². The molecule has 4 rings (SSSR count). The zero-order valence-corrected chi connectivity index (χ0v) is 25.3. The number of hydrogen-bond donors (Lipinski definition) is 0. The fraction of sp³-hybridized carbons (Fsp3) is 0.400. The molecule has 0 bridgehead atoms. The van der Waals surface area contributed by atoms with E-state index in [1.54, 1.807) is 38.4 Å². The summed E-state index contributed by atoms with van der Waals surface area (Å²) in [6.07, 6.45) is 5.54. The number of rotatable bonds is 7. The van der Waals surface area contributed by atoms with Crippen LogP contribution in [-0.4, -0.2) is 9.98 Å². The quantitative estimate of drug-likeness (QED) is 0.296. The molecule has 2 aromatic rings. The Morgan fingerprint density at radius 1 is 0.750 bits per heavy atom. The van der Waals surface area contributed by atoms with Crippen molar-refractivity contribution in [3.8, 4) is 0 Å². The summed E-state index contributed by atoms with van der Waals surface area (Å²) in [4.78, 5) is 0. The number of benzene rings is 2. The summed E-state index contributed by atoms with van der Waals surface area (Å²) in [7, 11) is -1.13. The fourth-order valence-electron chi connectivity index (χ4n) is 5.92. The second kappa shape index (κ2) is 10.6. The Morgan fingerprint density at radius 2 is 1.31 bits per heavy atom. The molecular formula is C30H38GeZr. The van der Waals surface area contributed by atoms with Crippen molar-refractivity contribution in [2.24, 2.45) is 0 Å². The van der Waals surface area contributed by atoms with Crippen molar-refractivity contribution >= 4 is 15.5 Å². The molecule has 0 nitrogen and oxygen atoms in total. The summed E-state index contributed by atoms with van der Waals surface area (Å²) in [5.74, 6) is 0. The van der Waals surface area contributed by atoms with E-state index < -0.39 is 28.6 Å². The van der Waals surface area contributed by atoms with Gasteiger partial charge >= 0.3 is 206 Å². The zero-order chi connectivity index (χ0) is 22.8. The van der Waals surface area contributed by atoms with Crippen molar-refractivity contribution in [3.05, 3.63) is 99.7 Å². The van der Waals surface area contributed by atoms with Crippen LogP contribution in [-0.2, 0) is 18.6 Å². The van der Waals surface area contributed by atoms with Gasteiger partial charge in [-0.15, -0.1) is 0 Å². The van der Waals surface area contributed by atoms with Crippen LogP contribution < -0.4 is 0 Å². The van der Waals surface area contributed by atoms with Crippen LogP contribution in [0.2, 0.25) is 14.1 Å². The summed E-state index contributed by atoms with van der Waals surface area (Å²) < 4.78 is 1.57. The molecular weight excluding hydrogens is 524 g/mol. The Balaban J connectivity index is 1.97.